The van der Waals surface area contributed by atoms with Crippen LogP contribution < -0.4 is 10.1 Å². The Hall–Kier alpha value is -3.65. The molecule has 5 rings (SSSR count). The molecule has 1 aliphatic carbocycles. The van der Waals surface area contributed by atoms with Gasteiger partial charge in [-0.3, -0.25) is 0 Å². The Balaban J connectivity index is 1.25. The molecule has 11 heteroatoms. The number of nitriles is 1. The number of likely N-dealkylation sites (tertiary alicyclic amines) is 1. The number of aromatic nitrogens is 5. The van der Waals surface area contributed by atoms with Gasteiger partial charge in [0.05, 0.1) is 30.6 Å². The summed E-state index contributed by atoms with van der Waals surface area (Å²) in [5.41, 5.74) is 3.03. The molecule has 0 aromatic carbocycles. The first kappa shape index (κ1) is 25.0. The average molecular weight is 507 g/mol. The maximum atomic E-state index is 12.3. The van der Waals surface area contributed by atoms with Gasteiger partial charge in [0.1, 0.15) is 34.2 Å². The van der Waals surface area contributed by atoms with E-state index < -0.39 is 5.60 Å². The number of hydrogen-bond acceptors (Lipinski definition) is 8. The molecule has 2 aliphatic rings. The van der Waals surface area contributed by atoms with E-state index in [1.165, 1.54) is 6.20 Å². The molecule has 0 spiro atoms. The highest BCUT2D eigenvalue weighted by atomic mass is 16.6. The second-order valence-corrected chi connectivity index (χ2v) is 11.1. The highest BCUT2D eigenvalue weighted by Crippen LogP contribution is 2.38. The number of nitrogens with one attached hydrogen (secondary N) is 1. The number of fused-ring (bicyclic) bond motifs is 1. The number of hydrogen-bond donors (Lipinski definition) is 1. The van der Waals surface area contributed by atoms with Crippen molar-refractivity contribution in [3.8, 4) is 23.1 Å². The Morgan fingerprint density at radius 2 is 2.03 bits per heavy atom. The van der Waals surface area contributed by atoms with E-state index in [0.29, 0.717) is 16.8 Å². The lowest BCUT2D eigenvalue weighted by atomic mass is 10.0. The Labute approximate surface area is 216 Å². The smallest absolute Gasteiger partial charge is 0.408 e. The van der Waals surface area contributed by atoms with Crippen molar-refractivity contribution in [2.75, 3.05) is 26.7 Å². The molecule has 2 fully saturated rings. The largest absolute Gasteiger partial charge is 0.494 e. The molecule has 1 amide bonds. The monoisotopic (exact) mass is 506 g/mol. The number of pyridine rings is 1. The van der Waals surface area contributed by atoms with Gasteiger partial charge in [0.15, 0.2) is 0 Å². The molecule has 0 radical (unpaired) electrons. The first-order valence-corrected chi connectivity index (χ1v) is 12.7. The van der Waals surface area contributed by atoms with Crippen LogP contribution >= 0.6 is 0 Å². The summed E-state index contributed by atoms with van der Waals surface area (Å²) < 4.78 is 14.7. The first-order chi connectivity index (χ1) is 17.6. The van der Waals surface area contributed by atoms with Gasteiger partial charge in [0, 0.05) is 31.4 Å². The maximum absolute atomic E-state index is 12.3. The summed E-state index contributed by atoms with van der Waals surface area (Å²) in [6.45, 7) is 10.4. The molecule has 3 aromatic rings. The molecule has 3 aromatic heterocycles. The predicted octanol–water partition coefficient (Wildman–Crippen LogP) is 3.48. The molecule has 1 saturated heterocycles. The van der Waals surface area contributed by atoms with Crippen molar-refractivity contribution in [2.24, 2.45) is 0 Å². The summed E-state index contributed by atoms with van der Waals surface area (Å²) in [4.78, 5) is 14.7. The van der Waals surface area contributed by atoms with Crippen LogP contribution in [0, 0.1) is 18.3 Å². The van der Waals surface area contributed by atoms with E-state index in [2.05, 4.69) is 31.7 Å². The van der Waals surface area contributed by atoms with Crippen molar-refractivity contribution in [1.29, 1.82) is 5.26 Å². The number of carbonyl (C=O) groups excluding carboxylic acids is 1. The fraction of sp³-hybridized carbons (Fsp3) is 0.577. The molecular weight excluding hydrogens is 472 g/mol. The maximum Gasteiger partial charge on any atom is 0.408 e. The lowest BCUT2D eigenvalue weighted by Crippen LogP contribution is -2.49. The summed E-state index contributed by atoms with van der Waals surface area (Å²) in [5, 5.41) is 25.8. The third-order valence-electron chi connectivity index (χ3n) is 7.17. The van der Waals surface area contributed by atoms with Crippen LogP contribution in [0.4, 0.5) is 4.79 Å². The number of carbonyl (C=O) groups is 1. The van der Waals surface area contributed by atoms with Crippen LogP contribution in [0.15, 0.2) is 18.5 Å². The van der Waals surface area contributed by atoms with E-state index in [9.17, 15) is 10.1 Å². The quantitative estimate of drug-likeness (QED) is 0.539. The van der Waals surface area contributed by atoms with Crippen molar-refractivity contribution in [3.05, 3.63) is 29.7 Å². The van der Waals surface area contributed by atoms with E-state index in [0.717, 1.165) is 62.3 Å². The first-order valence-electron chi connectivity index (χ1n) is 12.7. The Bertz CT molecular complexity index is 1350. The molecule has 1 N–H and O–H groups in total. The number of rotatable bonds is 6. The number of piperidine rings is 1. The molecule has 1 saturated carbocycles. The molecule has 4 heterocycles. The van der Waals surface area contributed by atoms with Crippen LogP contribution in [-0.4, -0.2) is 73.5 Å². The Kier molecular flexibility index (Phi) is 6.31. The van der Waals surface area contributed by atoms with Crippen molar-refractivity contribution < 1.29 is 14.3 Å². The normalized spacial score (nSPS) is 17.9. The fourth-order valence-electron chi connectivity index (χ4n) is 5.15. The highest BCUT2D eigenvalue weighted by molar-refractivity contribution is 5.74. The van der Waals surface area contributed by atoms with Gasteiger partial charge in [-0.05, 0) is 59.4 Å². The van der Waals surface area contributed by atoms with Crippen molar-refractivity contribution >= 4 is 11.6 Å². The van der Waals surface area contributed by atoms with Crippen LogP contribution in [0.1, 0.15) is 63.8 Å². The van der Waals surface area contributed by atoms with Gasteiger partial charge in [0.25, 0.3) is 0 Å². The van der Waals surface area contributed by atoms with Crippen LogP contribution in [0.3, 0.4) is 0 Å². The zero-order valence-electron chi connectivity index (χ0n) is 22.1. The summed E-state index contributed by atoms with van der Waals surface area (Å²) in [6.07, 6.45) is 6.94. The van der Waals surface area contributed by atoms with Gasteiger partial charge < -0.3 is 19.7 Å². The van der Waals surface area contributed by atoms with Crippen LogP contribution in [0.25, 0.3) is 16.8 Å². The number of ether oxygens (including phenoxy) is 2. The summed E-state index contributed by atoms with van der Waals surface area (Å²) in [6, 6.07) is 4.30. The molecule has 196 valence electrons. The van der Waals surface area contributed by atoms with Gasteiger partial charge in [-0.25, -0.2) is 14.0 Å². The van der Waals surface area contributed by atoms with E-state index in [1.807, 2.05) is 44.6 Å². The van der Waals surface area contributed by atoms with Crippen molar-refractivity contribution in [1.82, 2.24) is 34.8 Å². The minimum Gasteiger partial charge on any atom is -0.494 e. The Morgan fingerprint density at radius 1 is 1.30 bits per heavy atom. The molecule has 1 aliphatic heterocycles. The zero-order chi connectivity index (χ0) is 26.4. The van der Waals surface area contributed by atoms with Gasteiger partial charge in [-0.15, -0.1) is 5.10 Å². The van der Waals surface area contributed by atoms with Crippen LogP contribution in [0.5, 0.6) is 5.75 Å². The molecule has 11 nitrogen and oxygen atoms in total. The van der Waals surface area contributed by atoms with Gasteiger partial charge >= 0.3 is 6.09 Å². The average Bonchev–Trinajstić information content (AvgIpc) is 3.28. The summed E-state index contributed by atoms with van der Waals surface area (Å²) >= 11 is 0. The third kappa shape index (κ3) is 5.11. The highest BCUT2D eigenvalue weighted by Gasteiger charge is 2.46. The van der Waals surface area contributed by atoms with Gasteiger partial charge in [-0.2, -0.15) is 10.4 Å². The number of nitrogens with zero attached hydrogens (tertiary/aromatic N) is 7. The fourth-order valence-corrected chi connectivity index (χ4v) is 5.15. The summed E-state index contributed by atoms with van der Waals surface area (Å²) in [7, 11) is 1.58. The van der Waals surface area contributed by atoms with E-state index in [-0.39, 0.29) is 17.7 Å². The Morgan fingerprint density at radius 3 is 2.65 bits per heavy atom. The predicted molar refractivity (Wildman–Crippen MR) is 136 cm³/mol. The molecular formula is C26H34N8O3. The summed E-state index contributed by atoms with van der Waals surface area (Å²) in [5.74, 6) is 0.572. The van der Waals surface area contributed by atoms with Crippen molar-refractivity contribution in [2.45, 2.75) is 70.6 Å². The second kappa shape index (κ2) is 9.34. The van der Waals surface area contributed by atoms with Crippen LogP contribution in [-0.2, 0) is 4.74 Å². The van der Waals surface area contributed by atoms with Crippen molar-refractivity contribution in [3.63, 3.8) is 0 Å². The molecule has 0 atom stereocenters. The second-order valence-electron chi connectivity index (χ2n) is 11.1. The van der Waals surface area contributed by atoms with E-state index in [4.69, 9.17) is 9.47 Å². The number of alkyl carbamates (subject to hydrolysis) is 1. The van der Waals surface area contributed by atoms with E-state index in [1.54, 1.807) is 11.6 Å². The SMILES string of the molecule is COc1cc(-c2nnn(C3CCN(CC4(NC(=O)OC(C)(C)C)CC4)CC3)c2C)cn2ncc(C#N)c12. The third-order valence-corrected chi connectivity index (χ3v) is 7.17. The molecule has 0 unspecified atom stereocenters. The number of methoxy groups -OCH3 is 1. The minimum absolute atomic E-state index is 0.166. The van der Waals surface area contributed by atoms with Gasteiger partial charge in [0.2, 0.25) is 0 Å². The lowest BCUT2D eigenvalue weighted by molar-refractivity contribution is 0.0473. The number of amides is 1. The topological polar surface area (TPSA) is 123 Å². The zero-order valence-corrected chi connectivity index (χ0v) is 22.1. The van der Waals surface area contributed by atoms with Gasteiger partial charge in [-0.1, -0.05) is 5.21 Å². The molecule has 0 bridgehead atoms. The standard InChI is InChI=1S/C26H34N8O3/c1-17-22(18-12-21(36-5)23-19(13-27)14-28-33(23)15-18)30-31-34(17)20-6-10-32(11-7-20)16-26(8-9-26)29-24(35)37-25(2,3)4/h12,14-15,20H,6-11,16H2,1-5H3,(H,29,35). The lowest BCUT2D eigenvalue weighted by Gasteiger charge is -2.35. The van der Waals surface area contributed by atoms with E-state index >= 15 is 0 Å². The van der Waals surface area contributed by atoms with Crippen LogP contribution in [0.2, 0.25) is 0 Å². The molecule has 37 heavy (non-hydrogen) atoms. The minimum atomic E-state index is -0.498.